The number of rotatable bonds is 2. The Balaban J connectivity index is 2.29. The minimum atomic E-state index is 0.926. The molecule has 0 bridgehead atoms. The molecule has 2 rings (SSSR count). The Morgan fingerprint density at radius 2 is 2.00 bits per heavy atom. The van der Waals surface area contributed by atoms with E-state index in [1.54, 1.807) is 7.11 Å². The zero-order valence-corrected chi connectivity index (χ0v) is 9.88. The molecular weight excluding hydrogens is 242 g/mol. The number of benzene rings is 1. The molecule has 0 aliphatic carbocycles. The molecule has 1 aliphatic rings. The van der Waals surface area contributed by atoms with Crippen LogP contribution < -0.4 is 9.64 Å². The molecule has 2 nitrogen and oxygen atoms in total. The minimum absolute atomic E-state index is 0.926. The third-order valence-electron chi connectivity index (χ3n) is 2.60. The average Bonchev–Trinajstić information content (AvgIpc) is 2.71. The maximum absolute atomic E-state index is 5.22. The molecule has 1 aromatic carbocycles. The number of halogens is 1. The van der Waals surface area contributed by atoms with Gasteiger partial charge in [0.1, 0.15) is 5.75 Å². The van der Waals surface area contributed by atoms with Gasteiger partial charge in [0, 0.05) is 23.6 Å². The predicted octanol–water partition coefficient (Wildman–Crippen LogP) is 3.06. The highest BCUT2D eigenvalue weighted by Crippen LogP contribution is 2.32. The van der Waals surface area contributed by atoms with Gasteiger partial charge in [0.2, 0.25) is 0 Å². The molecule has 0 aromatic heterocycles. The van der Waals surface area contributed by atoms with Crippen LogP contribution in [-0.4, -0.2) is 20.2 Å². The van der Waals surface area contributed by atoms with E-state index in [0.717, 1.165) is 23.3 Å². The molecule has 1 saturated heterocycles. The molecule has 0 spiro atoms. The van der Waals surface area contributed by atoms with Crippen LogP contribution in [0.25, 0.3) is 0 Å². The first kappa shape index (κ1) is 9.84. The predicted molar refractivity (Wildman–Crippen MR) is 62.1 cm³/mol. The van der Waals surface area contributed by atoms with Gasteiger partial charge in [0.05, 0.1) is 12.8 Å². The van der Waals surface area contributed by atoms with Crippen molar-refractivity contribution in [2.45, 2.75) is 12.8 Å². The topological polar surface area (TPSA) is 12.5 Å². The smallest absolute Gasteiger partial charge is 0.121 e. The summed E-state index contributed by atoms with van der Waals surface area (Å²) < 4.78 is 6.37. The lowest BCUT2D eigenvalue weighted by atomic mass is 10.3. The van der Waals surface area contributed by atoms with Gasteiger partial charge < -0.3 is 9.64 Å². The van der Waals surface area contributed by atoms with Crippen LogP contribution in [0.15, 0.2) is 22.7 Å². The van der Waals surface area contributed by atoms with E-state index in [2.05, 4.69) is 26.9 Å². The number of nitrogens with zero attached hydrogens (tertiary/aromatic N) is 1. The average molecular weight is 256 g/mol. The highest BCUT2D eigenvalue weighted by molar-refractivity contribution is 9.10. The van der Waals surface area contributed by atoms with E-state index >= 15 is 0 Å². The lowest BCUT2D eigenvalue weighted by Crippen LogP contribution is -2.17. The molecule has 0 radical (unpaired) electrons. The van der Waals surface area contributed by atoms with Gasteiger partial charge >= 0.3 is 0 Å². The van der Waals surface area contributed by atoms with Crippen LogP contribution in [-0.2, 0) is 0 Å². The van der Waals surface area contributed by atoms with Crippen LogP contribution in [0.2, 0.25) is 0 Å². The maximum atomic E-state index is 5.22. The zero-order valence-electron chi connectivity index (χ0n) is 8.29. The molecule has 0 unspecified atom stereocenters. The Morgan fingerprint density at radius 3 is 2.64 bits per heavy atom. The van der Waals surface area contributed by atoms with E-state index in [1.807, 2.05) is 12.1 Å². The van der Waals surface area contributed by atoms with Crippen molar-refractivity contribution < 1.29 is 4.74 Å². The van der Waals surface area contributed by atoms with E-state index in [1.165, 1.54) is 18.5 Å². The van der Waals surface area contributed by atoms with E-state index in [9.17, 15) is 0 Å². The second-order valence-corrected chi connectivity index (χ2v) is 4.37. The molecule has 14 heavy (non-hydrogen) atoms. The van der Waals surface area contributed by atoms with Crippen LogP contribution in [0.1, 0.15) is 12.8 Å². The van der Waals surface area contributed by atoms with E-state index in [0.29, 0.717) is 0 Å². The van der Waals surface area contributed by atoms with E-state index < -0.39 is 0 Å². The normalized spacial score (nSPS) is 16.0. The van der Waals surface area contributed by atoms with Gasteiger partial charge in [-0.2, -0.15) is 0 Å². The summed E-state index contributed by atoms with van der Waals surface area (Å²) >= 11 is 3.57. The van der Waals surface area contributed by atoms with Crippen molar-refractivity contribution in [3.05, 3.63) is 22.7 Å². The Morgan fingerprint density at radius 1 is 1.29 bits per heavy atom. The zero-order chi connectivity index (χ0) is 9.97. The Kier molecular flexibility index (Phi) is 2.96. The first-order chi connectivity index (χ1) is 6.81. The first-order valence-electron chi connectivity index (χ1n) is 4.90. The Hall–Kier alpha value is -0.700. The fourth-order valence-corrected chi connectivity index (χ4v) is 2.32. The Labute approximate surface area is 93.0 Å². The summed E-state index contributed by atoms with van der Waals surface area (Å²) in [6, 6.07) is 6.12. The summed E-state index contributed by atoms with van der Waals surface area (Å²) in [5, 5.41) is 0. The first-order valence-corrected chi connectivity index (χ1v) is 5.69. The van der Waals surface area contributed by atoms with Gasteiger partial charge in [-0.1, -0.05) is 0 Å². The Bertz CT molecular complexity index is 321. The number of hydrogen-bond donors (Lipinski definition) is 0. The SMILES string of the molecule is COc1ccc(Br)c(N2CCCC2)c1. The largest absolute Gasteiger partial charge is 0.497 e. The monoisotopic (exact) mass is 255 g/mol. The third kappa shape index (κ3) is 1.87. The van der Waals surface area contributed by atoms with Gasteiger partial charge in [-0.25, -0.2) is 0 Å². The van der Waals surface area contributed by atoms with Gasteiger partial charge in [-0.3, -0.25) is 0 Å². The molecule has 1 heterocycles. The van der Waals surface area contributed by atoms with Crippen molar-refractivity contribution in [1.29, 1.82) is 0 Å². The fourth-order valence-electron chi connectivity index (χ4n) is 1.82. The summed E-state index contributed by atoms with van der Waals surface area (Å²) in [6.45, 7) is 2.32. The van der Waals surface area contributed by atoms with Crippen LogP contribution in [0.4, 0.5) is 5.69 Å². The van der Waals surface area contributed by atoms with E-state index in [-0.39, 0.29) is 0 Å². The maximum Gasteiger partial charge on any atom is 0.121 e. The van der Waals surface area contributed by atoms with Crippen LogP contribution >= 0.6 is 15.9 Å². The van der Waals surface area contributed by atoms with Crippen LogP contribution in [0.5, 0.6) is 5.75 Å². The van der Waals surface area contributed by atoms with Gasteiger partial charge in [-0.05, 0) is 40.9 Å². The number of methoxy groups -OCH3 is 1. The van der Waals surface area contributed by atoms with Gasteiger partial charge in [0.25, 0.3) is 0 Å². The van der Waals surface area contributed by atoms with E-state index in [4.69, 9.17) is 4.74 Å². The summed E-state index contributed by atoms with van der Waals surface area (Å²) in [6.07, 6.45) is 2.59. The highest BCUT2D eigenvalue weighted by Gasteiger charge is 2.15. The fraction of sp³-hybridized carbons (Fsp3) is 0.455. The number of hydrogen-bond acceptors (Lipinski definition) is 2. The van der Waals surface area contributed by atoms with Crippen molar-refractivity contribution in [1.82, 2.24) is 0 Å². The standard InChI is InChI=1S/C11H14BrNO/c1-14-9-4-5-10(12)11(8-9)13-6-2-3-7-13/h4-5,8H,2-3,6-7H2,1H3. The molecule has 0 amide bonds. The molecule has 76 valence electrons. The van der Waals surface area contributed by atoms with Crippen molar-refractivity contribution in [3.8, 4) is 5.75 Å². The lowest BCUT2D eigenvalue weighted by molar-refractivity contribution is 0.414. The van der Waals surface area contributed by atoms with Gasteiger partial charge in [-0.15, -0.1) is 0 Å². The molecular formula is C11H14BrNO. The highest BCUT2D eigenvalue weighted by atomic mass is 79.9. The van der Waals surface area contributed by atoms with Crippen LogP contribution in [0, 0.1) is 0 Å². The lowest BCUT2D eigenvalue weighted by Gasteiger charge is -2.19. The molecule has 0 atom stereocenters. The molecule has 1 aromatic rings. The summed E-state index contributed by atoms with van der Waals surface area (Å²) in [5.74, 6) is 0.926. The quantitative estimate of drug-likeness (QED) is 0.806. The van der Waals surface area contributed by atoms with Crippen LogP contribution in [0.3, 0.4) is 0 Å². The molecule has 3 heteroatoms. The molecule has 0 N–H and O–H groups in total. The summed E-state index contributed by atoms with van der Waals surface area (Å²) in [4.78, 5) is 2.40. The van der Waals surface area contributed by atoms with Crippen molar-refractivity contribution in [3.63, 3.8) is 0 Å². The van der Waals surface area contributed by atoms with Crippen molar-refractivity contribution in [2.75, 3.05) is 25.1 Å². The van der Waals surface area contributed by atoms with Crippen molar-refractivity contribution in [2.24, 2.45) is 0 Å². The molecule has 1 aliphatic heterocycles. The molecule has 1 fully saturated rings. The number of anilines is 1. The van der Waals surface area contributed by atoms with Gasteiger partial charge in [0.15, 0.2) is 0 Å². The summed E-state index contributed by atoms with van der Waals surface area (Å²) in [7, 11) is 1.71. The summed E-state index contributed by atoms with van der Waals surface area (Å²) in [5.41, 5.74) is 1.25. The third-order valence-corrected chi connectivity index (χ3v) is 3.27. The second kappa shape index (κ2) is 4.22. The second-order valence-electron chi connectivity index (χ2n) is 3.51. The number of ether oxygens (including phenoxy) is 1. The minimum Gasteiger partial charge on any atom is -0.497 e. The van der Waals surface area contributed by atoms with Crippen molar-refractivity contribution >= 4 is 21.6 Å². The molecule has 0 saturated carbocycles.